The van der Waals surface area contributed by atoms with Crippen LogP contribution in [0.25, 0.3) is 0 Å². The Kier molecular flexibility index (Phi) is 7.33. The lowest BCUT2D eigenvalue weighted by atomic mass is 10.5. The summed E-state index contributed by atoms with van der Waals surface area (Å²) in [5.74, 6) is -0.703. The van der Waals surface area contributed by atoms with Crippen LogP contribution < -0.4 is 5.73 Å². The van der Waals surface area contributed by atoms with Gasteiger partial charge in [-0.25, -0.2) is 19.6 Å². The highest BCUT2D eigenvalue weighted by atomic mass is 32.1. The number of hydrogen-bond donors (Lipinski definition) is 1. The molecule has 2 N–H and O–H groups in total. The first-order chi connectivity index (χ1) is 10.1. The second-order valence-electron chi connectivity index (χ2n) is 3.38. The van der Waals surface area contributed by atoms with Crippen molar-refractivity contribution in [3.8, 4) is 0 Å². The summed E-state index contributed by atoms with van der Waals surface area (Å²) in [6.07, 6.45) is 1.41. The molecular weight excluding hydrogens is 314 g/mol. The van der Waals surface area contributed by atoms with Crippen LogP contribution in [-0.2, 0) is 9.47 Å². The molecule has 7 nitrogen and oxygen atoms in total. The summed E-state index contributed by atoms with van der Waals surface area (Å²) in [7, 11) is 0. The predicted octanol–water partition coefficient (Wildman–Crippen LogP) is 2.22. The van der Waals surface area contributed by atoms with Gasteiger partial charge in [-0.15, -0.1) is 11.3 Å². The number of aromatic nitrogens is 2. The second-order valence-corrected chi connectivity index (χ2v) is 5.16. The predicted molar refractivity (Wildman–Crippen MR) is 80.6 cm³/mol. The van der Waals surface area contributed by atoms with Crippen molar-refractivity contribution < 1.29 is 19.1 Å². The minimum absolute atomic E-state index is 0.344. The van der Waals surface area contributed by atoms with Crippen molar-refractivity contribution in [3.63, 3.8) is 0 Å². The van der Waals surface area contributed by atoms with Crippen LogP contribution in [0.3, 0.4) is 0 Å². The fourth-order valence-corrected chi connectivity index (χ4v) is 2.20. The van der Waals surface area contributed by atoms with E-state index in [1.54, 1.807) is 24.7 Å². The van der Waals surface area contributed by atoms with E-state index in [1.807, 2.05) is 0 Å². The van der Waals surface area contributed by atoms with Crippen LogP contribution in [0.4, 0.5) is 5.13 Å². The second kappa shape index (κ2) is 9.03. The molecule has 2 aromatic rings. The number of carbonyl (C=O) groups is 2. The molecule has 0 aromatic carbocycles. The molecule has 0 radical (unpaired) electrons. The molecule has 2 aromatic heterocycles. The smallest absolute Gasteiger partial charge is 0.357 e. The van der Waals surface area contributed by atoms with E-state index in [-0.39, 0.29) is 11.9 Å². The number of ether oxygens (including phenoxy) is 2. The van der Waals surface area contributed by atoms with Crippen molar-refractivity contribution in [2.75, 3.05) is 18.9 Å². The Morgan fingerprint density at radius 3 is 2.33 bits per heavy atom. The molecule has 0 fully saturated rings. The van der Waals surface area contributed by atoms with Crippen LogP contribution in [0.5, 0.6) is 0 Å². The Labute approximate surface area is 129 Å². The van der Waals surface area contributed by atoms with Crippen molar-refractivity contribution in [2.24, 2.45) is 0 Å². The molecule has 0 spiro atoms. The van der Waals surface area contributed by atoms with Gasteiger partial charge in [-0.3, -0.25) is 0 Å². The maximum atomic E-state index is 11.0. The fourth-order valence-electron chi connectivity index (χ4n) is 1.10. The van der Waals surface area contributed by atoms with Crippen molar-refractivity contribution in [1.82, 2.24) is 9.97 Å². The van der Waals surface area contributed by atoms with Gasteiger partial charge in [0.15, 0.2) is 10.8 Å². The number of anilines is 1. The van der Waals surface area contributed by atoms with E-state index in [0.717, 1.165) is 11.3 Å². The monoisotopic (exact) mass is 329 g/mol. The maximum Gasteiger partial charge on any atom is 0.357 e. The molecule has 0 aliphatic rings. The summed E-state index contributed by atoms with van der Waals surface area (Å²) in [5.41, 5.74) is 7.31. The van der Waals surface area contributed by atoms with Crippen molar-refractivity contribution in [1.29, 1.82) is 0 Å². The molecule has 0 unspecified atom stereocenters. The van der Waals surface area contributed by atoms with E-state index in [4.69, 9.17) is 15.2 Å². The minimum atomic E-state index is -0.360. The van der Waals surface area contributed by atoms with Gasteiger partial charge in [-0.05, 0) is 13.8 Å². The average molecular weight is 329 g/mol. The lowest BCUT2D eigenvalue weighted by Crippen LogP contribution is -2.04. The highest BCUT2D eigenvalue weighted by Crippen LogP contribution is 2.14. The Bertz CT molecular complexity index is 569. The number of nitrogens with zero attached hydrogens (tertiary/aromatic N) is 2. The summed E-state index contributed by atoms with van der Waals surface area (Å²) in [6.45, 7) is 4.29. The standard InChI is InChI=1S/C6H8N2O2S.C6H7NO2S/c1-2-10-5(9)4-3-8-6(7)11-4;1-2-9-6(8)5-3-10-4-7-5/h3H,2H2,1H3,(H2,7,8);3-4H,2H2,1H3. The molecule has 0 atom stereocenters. The van der Waals surface area contributed by atoms with Crippen LogP contribution in [-0.4, -0.2) is 35.1 Å². The molecule has 114 valence electrons. The van der Waals surface area contributed by atoms with E-state index < -0.39 is 0 Å². The molecule has 2 rings (SSSR count). The summed E-state index contributed by atoms with van der Waals surface area (Å²) in [4.78, 5) is 29.7. The first-order valence-corrected chi connectivity index (χ1v) is 7.78. The molecule has 0 amide bonds. The van der Waals surface area contributed by atoms with E-state index in [0.29, 0.717) is 28.9 Å². The van der Waals surface area contributed by atoms with Crippen molar-refractivity contribution in [3.05, 3.63) is 27.7 Å². The van der Waals surface area contributed by atoms with Gasteiger partial charge in [-0.2, -0.15) is 0 Å². The molecule has 0 aliphatic carbocycles. The van der Waals surface area contributed by atoms with E-state index in [2.05, 4.69) is 9.97 Å². The normalized spacial score (nSPS) is 9.43. The molecule has 0 bridgehead atoms. The van der Waals surface area contributed by atoms with Gasteiger partial charge in [0.05, 0.1) is 24.9 Å². The third kappa shape index (κ3) is 5.88. The maximum absolute atomic E-state index is 11.0. The average Bonchev–Trinajstić information content (AvgIpc) is 3.11. The van der Waals surface area contributed by atoms with Crippen LogP contribution >= 0.6 is 22.7 Å². The van der Waals surface area contributed by atoms with Gasteiger partial charge in [0.25, 0.3) is 0 Å². The van der Waals surface area contributed by atoms with Crippen LogP contribution in [0, 0.1) is 0 Å². The van der Waals surface area contributed by atoms with E-state index in [9.17, 15) is 9.59 Å². The quantitative estimate of drug-likeness (QED) is 0.857. The topological polar surface area (TPSA) is 104 Å². The molecule has 21 heavy (non-hydrogen) atoms. The number of esters is 2. The third-order valence-corrected chi connectivity index (χ3v) is 3.31. The summed E-state index contributed by atoms with van der Waals surface area (Å²) in [5, 5.41) is 2.05. The van der Waals surface area contributed by atoms with Crippen molar-refractivity contribution in [2.45, 2.75) is 13.8 Å². The number of thiazole rings is 2. The minimum Gasteiger partial charge on any atom is -0.462 e. The Morgan fingerprint density at radius 2 is 1.86 bits per heavy atom. The molecule has 2 heterocycles. The van der Waals surface area contributed by atoms with Crippen LogP contribution in [0.1, 0.15) is 34.0 Å². The highest BCUT2D eigenvalue weighted by molar-refractivity contribution is 7.17. The number of rotatable bonds is 4. The zero-order valence-corrected chi connectivity index (χ0v) is 13.2. The zero-order chi connectivity index (χ0) is 15.7. The van der Waals surface area contributed by atoms with Gasteiger partial charge < -0.3 is 15.2 Å². The third-order valence-electron chi connectivity index (χ3n) is 1.92. The first kappa shape index (κ1) is 17.1. The van der Waals surface area contributed by atoms with Gasteiger partial charge in [0.2, 0.25) is 0 Å². The molecule has 0 saturated carbocycles. The highest BCUT2D eigenvalue weighted by Gasteiger charge is 2.09. The van der Waals surface area contributed by atoms with Crippen molar-refractivity contribution >= 4 is 39.7 Å². The van der Waals surface area contributed by atoms with E-state index in [1.165, 1.54) is 17.5 Å². The Hall–Kier alpha value is -2.00. The lowest BCUT2D eigenvalue weighted by Gasteiger charge is -1.95. The first-order valence-electron chi connectivity index (χ1n) is 6.02. The van der Waals surface area contributed by atoms with Gasteiger partial charge in [0, 0.05) is 5.38 Å². The van der Waals surface area contributed by atoms with Gasteiger partial charge in [-0.1, -0.05) is 11.3 Å². The fraction of sp³-hybridized carbons (Fsp3) is 0.333. The number of carbonyl (C=O) groups excluding carboxylic acids is 2. The summed E-state index contributed by atoms with van der Waals surface area (Å²) >= 11 is 2.51. The summed E-state index contributed by atoms with van der Waals surface area (Å²) in [6, 6.07) is 0. The number of nitrogens with two attached hydrogens (primary N) is 1. The zero-order valence-electron chi connectivity index (χ0n) is 11.6. The number of hydrogen-bond acceptors (Lipinski definition) is 9. The molecular formula is C12H15N3O4S2. The Morgan fingerprint density at radius 1 is 1.19 bits per heavy atom. The van der Waals surface area contributed by atoms with Crippen LogP contribution in [0.15, 0.2) is 17.1 Å². The van der Waals surface area contributed by atoms with E-state index >= 15 is 0 Å². The summed E-state index contributed by atoms with van der Waals surface area (Å²) < 4.78 is 9.41. The SMILES string of the molecule is CCOC(=O)c1cnc(N)s1.CCOC(=O)c1cscn1. The Balaban J connectivity index is 0.000000211. The van der Waals surface area contributed by atoms with Crippen LogP contribution in [0.2, 0.25) is 0 Å². The molecule has 9 heteroatoms. The number of nitrogen functional groups attached to an aromatic ring is 1. The largest absolute Gasteiger partial charge is 0.462 e. The molecule has 0 saturated heterocycles. The molecule has 0 aliphatic heterocycles. The van der Waals surface area contributed by atoms with Gasteiger partial charge in [0.1, 0.15) is 4.88 Å². The van der Waals surface area contributed by atoms with Gasteiger partial charge >= 0.3 is 11.9 Å². The lowest BCUT2D eigenvalue weighted by molar-refractivity contribution is 0.0515.